The number of amides is 1. The second-order valence-corrected chi connectivity index (χ2v) is 7.72. The van der Waals surface area contributed by atoms with Gasteiger partial charge in [0.05, 0.1) is 7.11 Å². The number of H-pyrrole nitrogens is 1. The van der Waals surface area contributed by atoms with Crippen molar-refractivity contribution in [2.45, 2.75) is 25.2 Å². The van der Waals surface area contributed by atoms with Gasteiger partial charge in [-0.3, -0.25) is 4.79 Å². The lowest BCUT2D eigenvalue weighted by Crippen LogP contribution is -2.34. The minimum absolute atomic E-state index is 0.0103. The Balaban J connectivity index is 1.52. The lowest BCUT2D eigenvalue weighted by molar-refractivity contribution is -0.121. The first-order valence-corrected chi connectivity index (χ1v) is 10.4. The van der Waals surface area contributed by atoms with E-state index in [2.05, 4.69) is 39.5 Å². The average Bonchev–Trinajstić information content (AvgIpc) is 3.42. The van der Waals surface area contributed by atoms with E-state index in [1.54, 1.807) is 7.11 Å². The van der Waals surface area contributed by atoms with Gasteiger partial charge in [-0.05, 0) is 55.3 Å². The summed E-state index contributed by atoms with van der Waals surface area (Å²) in [4.78, 5) is 18.6. The molecule has 0 saturated carbocycles. The van der Waals surface area contributed by atoms with E-state index in [1.807, 2.05) is 30.5 Å². The number of carbonyl (C=O) groups excluding carboxylic acids is 1. The smallest absolute Gasteiger partial charge is 0.220 e. The molecule has 0 radical (unpaired) electrons. The van der Waals surface area contributed by atoms with Gasteiger partial charge in [-0.2, -0.15) is 0 Å². The lowest BCUT2D eigenvalue weighted by atomic mass is 9.88. The molecule has 2 heterocycles. The van der Waals surface area contributed by atoms with Crippen molar-refractivity contribution in [3.8, 4) is 5.75 Å². The van der Waals surface area contributed by atoms with Crippen LogP contribution in [-0.2, 0) is 4.79 Å². The first-order valence-electron chi connectivity index (χ1n) is 10.4. The summed E-state index contributed by atoms with van der Waals surface area (Å²) in [6.45, 7) is 3.95. The van der Waals surface area contributed by atoms with Gasteiger partial charge < -0.3 is 19.9 Å². The first-order chi connectivity index (χ1) is 14.2. The predicted molar refractivity (Wildman–Crippen MR) is 116 cm³/mol. The molecule has 5 heteroatoms. The van der Waals surface area contributed by atoms with Crippen LogP contribution in [0.25, 0.3) is 10.9 Å². The number of nitrogens with one attached hydrogen (secondary N) is 2. The second-order valence-electron chi connectivity index (χ2n) is 7.72. The van der Waals surface area contributed by atoms with E-state index < -0.39 is 0 Å². The van der Waals surface area contributed by atoms with E-state index in [0.717, 1.165) is 47.4 Å². The molecule has 1 aromatic heterocycles. The van der Waals surface area contributed by atoms with Crippen LogP contribution in [0.4, 0.5) is 0 Å². The molecule has 1 aliphatic rings. The SMILES string of the molecule is COc1ccc(C(CC(=O)NCCN2CCCC2)c2c[nH]c3ccccc23)cc1. The molecule has 29 heavy (non-hydrogen) atoms. The zero-order chi connectivity index (χ0) is 20.1. The molecule has 1 aliphatic heterocycles. The maximum absolute atomic E-state index is 12.8. The van der Waals surface area contributed by atoms with Crippen molar-refractivity contribution in [2.24, 2.45) is 0 Å². The third-order valence-electron chi connectivity index (χ3n) is 5.85. The van der Waals surface area contributed by atoms with E-state index in [-0.39, 0.29) is 11.8 Å². The van der Waals surface area contributed by atoms with Crippen molar-refractivity contribution in [2.75, 3.05) is 33.3 Å². The number of benzene rings is 2. The van der Waals surface area contributed by atoms with Gasteiger partial charge >= 0.3 is 0 Å². The Morgan fingerprint density at radius 2 is 1.90 bits per heavy atom. The molecule has 1 amide bonds. The van der Waals surface area contributed by atoms with Gasteiger partial charge in [0.1, 0.15) is 5.75 Å². The van der Waals surface area contributed by atoms with Crippen molar-refractivity contribution in [1.82, 2.24) is 15.2 Å². The van der Waals surface area contributed by atoms with Crippen molar-refractivity contribution in [3.05, 3.63) is 65.9 Å². The Morgan fingerprint density at radius 1 is 1.14 bits per heavy atom. The van der Waals surface area contributed by atoms with Gasteiger partial charge in [0.25, 0.3) is 0 Å². The normalized spacial score (nSPS) is 15.5. The van der Waals surface area contributed by atoms with Crippen LogP contribution in [0, 0.1) is 0 Å². The fourth-order valence-corrected chi connectivity index (χ4v) is 4.24. The maximum Gasteiger partial charge on any atom is 0.220 e. The van der Waals surface area contributed by atoms with Crippen molar-refractivity contribution in [1.29, 1.82) is 0 Å². The highest BCUT2D eigenvalue weighted by atomic mass is 16.5. The molecule has 1 unspecified atom stereocenters. The second kappa shape index (κ2) is 9.14. The number of nitrogens with zero attached hydrogens (tertiary/aromatic N) is 1. The molecule has 5 nitrogen and oxygen atoms in total. The zero-order valence-corrected chi connectivity index (χ0v) is 17.0. The van der Waals surface area contributed by atoms with Crippen molar-refractivity contribution >= 4 is 16.8 Å². The number of aromatic amines is 1. The Labute approximate surface area is 172 Å². The molecule has 0 bridgehead atoms. The van der Waals surface area contributed by atoms with E-state index in [1.165, 1.54) is 12.8 Å². The molecule has 2 N–H and O–H groups in total. The van der Waals surface area contributed by atoms with Gasteiger partial charge in [-0.15, -0.1) is 0 Å². The van der Waals surface area contributed by atoms with Crippen LogP contribution in [0.1, 0.15) is 36.3 Å². The third-order valence-corrected chi connectivity index (χ3v) is 5.85. The van der Waals surface area contributed by atoms with E-state index in [0.29, 0.717) is 13.0 Å². The molecule has 1 atom stereocenters. The molecule has 2 aromatic carbocycles. The quantitative estimate of drug-likeness (QED) is 0.612. The van der Waals surface area contributed by atoms with Crippen LogP contribution in [0.15, 0.2) is 54.7 Å². The number of likely N-dealkylation sites (tertiary alicyclic amines) is 1. The summed E-state index contributed by atoms with van der Waals surface area (Å²) in [6, 6.07) is 16.3. The Hall–Kier alpha value is -2.79. The number of para-hydroxylation sites is 1. The number of aromatic nitrogens is 1. The third kappa shape index (κ3) is 4.62. The molecule has 3 aromatic rings. The van der Waals surface area contributed by atoms with Crippen LogP contribution in [-0.4, -0.2) is 49.1 Å². The van der Waals surface area contributed by atoms with Gasteiger partial charge in [0.2, 0.25) is 5.91 Å². The minimum Gasteiger partial charge on any atom is -0.497 e. The molecule has 0 spiro atoms. The number of methoxy groups -OCH3 is 1. The summed E-state index contributed by atoms with van der Waals surface area (Å²) in [7, 11) is 1.67. The van der Waals surface area contributed by atoms with Crippen LogP contribution in [0.5, 0.6) is 5.75 Å². The number of fused-ring (bicyclic) bond motifs is 1. The molecular weight excluding hydrogens is 362 g/mol. The van der Waals surface area contributed by atoms with E-state index >= 15 is 0 Å². The summed E-state index contributed by atoms with van der Waals surface area (Å²) in [5.41, 5.74) is 3.36. The molecule has 4 rings (SSSR count). The van der Waals surface area contributed by atoms with Gasteiger partial charge in [-0.25, -0.2) is 0 Å². The monoisotopic (exact) mass is 391 g/mol. The lowest BCUT2D eigenvalue weighted by Gasteiger charge is -2.19. The van der Waals surface area contributed by atoms with Crippen molar-refractivity contribution in [3.63, 3.8) is 0 Å². The summed E-state index contributed by atoms with van der Waals surface area (Å²) in [6.07, 6.45) is 5.01. The number of carbonyl (C=O) groups is 1. The Morgan fingerprint density at radius 3 is 2.66 bits per heavy atom. The van der Waals surface area contributed by atoms with E-state index in [4.69, 9.17) is 4.74 Å². The molecule has 0 aliphatic carbocycles. The first kappa shape index (κ1) is 19.5. The van der Waals surface area contributed by atoms with Crippen LogP contribution < -0.4 is 10.1 Å². The molecular formula is C24H29N3O2. The summed E-state index contributed by atoms with van der Waals surface area (Å²) >= 11 is 0. The highest BCUT2D eigenvalue weighted by Gasteiger charge is 2.21. The summed E-state index contributed by atoms with van der Waals surface area (Å²) < 4.78 is 5.30. The molecule has 152 valence electrons. The molecule has 1 fully saturated rings. The fraction of sp³-hybridized carbons (Fsp3) is 0.375. The standard InChI is InChI=1S/C24H29N3O2/c1-29-19-10-8-18(9-11-19)21(22-17-26-23-7-3-2-6-20(22)23)16-24(28)25-12-15-27-13-4-5-14-27/h2-3,6-11,17,21,26H,4-5,12-16H2,1H3,(H,25,28). The van der Waals surface area contributed by atoms with Gasteiger partial charge in [0.15, 0.2) is 0 Å². The average molecular weight is 392 g/mol. The topological polar surface area (TPSA) is 57.4 Å². The zero-order valence-electron chi connectivity index (χ0n) is 17.0. The van der Waals surface area contributed by atoms with E-state index in [9.17, 15) is 4.79 Å². The van der Waals surface area contributed by atoms with Crippen LogP contribution in [0.3, 0.4) is 0 Å². The number of rotatable bonds is 8. The van der Waals surface area contributed by atoms with Crippen molar-refractivity contribution < 1.29 is 9.53 Å². The fourth-order valence-electron chi connectivity index (χ4n) is 4.24. The van der Waals surface area contributed by atoms with Gasteiger partial charge in [-0.1, -0.05) is 30.3 Å². The highest BCUT2D eigenvalue weighted by molar-refractivity contribution is 5.86. The Kier molecular flexibility index (Phi) is 6.15. The highest BCUT2D eigenvalue weighted by Crippen LogP contribution is 2.34. The minimum atomic E-state index is -0.0103. The number of hydrogen-bond donors (Lipinski definition) is 2. The summed E-state index contributed by atoms with van der Waals surface area (Å²) in [5, 5.41) is 4.29. The maximum atomic E-state index is 12.8. The van der Waals surface area contributed by atoms with Crippen LogP contribution in [0.2, 0.25) is 0 Å². The molecule has 1 saturated heterocycles. The largest absolute Gasteiger partial charge is 0.497 e. The van der Waals surface area contributed by atoms with Gasteiger partial charge in [0, 0.05) is 42.5 Å². The Bertz CT molecular complexity index is 942. The summed E-state index contributed by atoms with van der Waals surface area (Å²) in [5.74, 6) is 0.903. The van der Waals surface area contributed by atoms with Crippen LogP contribution >= 0.6 is 0 Å². The predicted octanol–water partition coefficient (Wildman–Crippen LogP) is 3.91. The number of ether oxygens (including phenoxy) is 1. The number of hydrogen-bond acceptors (Lipinski definition) is 3.